The summed E-state index contributed by atoms with van der Waals surface area (Å²) in [7, 11) is 2.06. The molecule has 1 heterocycles. The van der Waals surface area contributed by atoms with Crippen LogP contribution in [-0.4, -0.2) is 18.1 Å². The Bertz CT molecular complexity index is 568. The van der Waals surface area contributed by atoms with Crippen molar-refractivity contribution in [1.82, 2.24) is 10.3 Å². The van der Waals surface area contributed by atoms with Crippen LogP contribution in [0.5, 0.6) is 0 Å². The Hall–Kier alpha value is -1.87. The van der Waals surface area contributed by atoms with E-state index in [9.17, 15) is 0 Å². The molecule has 1 aromatic carbocycles. The summed E-state index contributed by atoms with van der Waals surface area (Å²) in [6, 6.07) is 11.3. The highest BCUT2D eigenvalue weighted by Gasteiger charge is 2.06. The molecule has 0 saturated carbocycles. The van der Waals surface area contributed by atoms with E-state index in [4.69, 9.17) is 0 Å². The van der Waals surface area contributed by atoms with Crippen molar-refractivity contribution in [3.63, 3.8) is 0 Å². The maximum atomic E-state index is 4.58. The van der Waals surface area contributed by atoms with Gasteiger partial charge in [0.15, 0.2) is 0 Å². The quantitative estimate of drug-likeness (QED) is 0.900. The van der Waals surface area contributed by atoms with Crippen molar-refractivity contribution >= 4 is 11.5 Å². The van der Waals surface area contributed by atoms with Crippen LogP contribution < -0.4 is 10.2 Å². The SMILES string of the molecule is Cc1cc(C)cc(N(C)c2ccc(CNC(C)C)cn2)c1. The minimum absolute atomic E-state index is 0.489. The monoisotopic (exact) mass is 283 g/mol. The Kier molecular flexibility index (Phi) is 4.97. The van der Waals surface area contributed by atoms with Gasteiger partial charge in [-0.3, -0.25) is 0 Å². The molecule has 2 rings (SSSR count). The molecule has 3 heteroatoms. The second-order valence-corrected chi connectivity index (χ2v) is 5.97. The van der Waals surface area contributed by atoms with Gasteiger partial charge in [0, 0.05) is 31.5 Å². The number of rotatable bonds is 5. The number of pyridine rings is 1. The van der Waals surface area contributed by atoms with Crippen molar-refractivity contribution in [2.75, 3.05) is 11.9 Å². The Morgan fingerprint density at radius 1 is 1.10 bits per heavy atom. The molecule has 0 aliphatic rings. The summed E-state index contributed by atoms with van der Waals surface area (Å²) in [5.74, 6) is 0.966. The van der Waals surface area contributed by atoms with Crippen LogP contribution in [0.2, 0.25) is 0 Å². The van der Waals surface area contributed by atoms with E-state index < -0.39 is 0 Å². The van der Waals surface area contributed by atoms with Gasteiger partial charge in [-0.25, -0.2) is 4.98 Å². The van der Waals surface area contributed by atoms with Gasteiger partial charge < -0.3 is 10.2 Å². The fourth-order valence-corrected chi connectivity index (χ4v) is 2.32. The Balaban J connectivity index is 2.14. The first-order valence-electron chi connectivity index (χ1n) is 7.46. The van der Waals surface area contributed by atoms with E-state index >= 15 is 0 Å². The summed E-state index contributed by atoms with van der Waals surface area (Å²) in [5.41, 5.74) is 4.93. The van der Waals surface area contributed by atoms with Crippen LogP contribution in [0.1, 0.15) is 30.5 Å². The Labute approximate surface area is 128 Å². The van der Waals surface area contributed by atoms with E-state index in [2.05, 4.69) is 80.3 Å². The molecule has 0 amide bonds. The molecule has 0 atom stereocenters. The van der Waals surface area contributed by atoms with Gasteiger partial charge in [0.1, 0.15) is 5.82 Å². The van der Waals surface area contributed by atoms with Crippen LogP contribution in [-0.2, 0) is 6.54 Å². The third-order valence-electron chi connectivity index (χ3n) is 3.46. The van der Waals surface area contributed by atoms with Crippen molar-refractivity contribution in [3.8, 4) is 0 Å². The number of aryl methyl sites for hydroxylation is 2. The standard InChI is InChI=1S/C18H25N3/c1-13(2)19-11-16-6-7-18(20-12-16)21(5)17-9-14(3)8-15(4)10-17/h6-10,12-13,19H,11H2,1-5H3. The van der Waals surface area contributed by atoms with Gasteiger partial charge in [0.25, 0.3) is 0 Å². The maximum Gasteiger partial charge on any atom is 0.132 e. The van der Waals surface area contributed by atoms with Crippen LogP contribution in [0, 0.1) is 13.8 Å². The molecular formula is C18H25N3. The third kappa shape index (κ3) is 4.30. The van der Waals surface area contributed by atoms with E-state index in [1.54, 1.807) is 0 Å². The van der Waals surface area contributed by atoms with E-state index in [0.717, 1.165) is 12.4 Å². The average molecular weight is 283 g/mol. The fourth-order valence-electron chi connectivity index (χ4n) is 2.32. The smallest absolute Gasteiger partial charge is 0.132 e. The molecule has 0 spiro atoms. The predicted molar refractivity (Wildman–Crippen MR) is 90.2 cm³/mol. The molecule has 1 N–H and O–H groups in total. The van der Waals surface area contributed by atoms with Crippen molar-refractivity contribution < 1.29 is 0 Å². The lowest BCUT2D eigenvalue weighted by molar-refractivity contribution is 0.588. The highest BCUT2D eigenvalue weighted by Crippen LogP contribution is 2.24. The van der Waals surface area contributed by atoms with Crippen molar-refractivity contribution in [3.05, 3.63) is 53.2 Å². The summed E-state index contributed by atoms with van der Waals surface area (Å²) in [6.07, 6.45) is 1.95. The Morgan fingerprint density at radius 2 is 1.76 bits per heavy atom. The van der Waals surface area contributed by atoms with Crippen molar-refractivity contribution in [2.45, 2.75) is 40.3 Å². The van der Waals surface area contributed by atoms with Crippen LogP contribution in [0.4, 0.5) is 11.5 Å². The number of nitrogens with zero attached hydrogens (tertiary/aromatic N) is 2. The van der Waals surface area contributed by atoms with Gasteiger partial charge in [-0.2, -0.15) is 0 Å². The molecule has 21 heavy (non-hydrogen) atoms. The van der Waals surface area contributed by atoms with Crippen LogP contribution in [0.3, 0.4) is 0 Å². The van der Waals surface area contributed by atoms with Crippen LogP contribution in [0.25, 0.3) is 0 Å². The number of aromatic nitrogens is 1. The summed E-state index contributed by atoms with van der Waals surface area (Å²) in [5, 5.41) is 3.40. The van der Waals surface area contributed by atoms with Crippen LogP contribution >= 0.6 is 0 Å². The number of hydrogen-bond donors (Lipinski definition) is 1. The molecule has 0 radical (unpaired) electrons. The molecule has 2 aromatic rings. The lowest BCUT2D eigenvalue weighted by Gasteiger charge is -2.20. The molecule has 0 aliphatic carbocycles. The Morgan fingerprint density at radius 3 is 2.29 bits per heavy atom. The lowest BCUT2D eigenvalue weighted by Crippen LogP contribution is -2.22. The number of nitrogens with one attached hydrogen (secondary N) is 1. The first-order chi connectivity index (χ1) is 9.95. The van der Waals surface area contributed by atoms with Gasteiger partial charge in [0.2, 0.25) is 0 Å². The van der Waals surface area contributed by atoms with Gasteiger partial charge >= 0.3 is 0 Å². The van der Waals surface area contributed by atoms with Gasteiger partial charge in [-0.15, -0.1) is 0 Å². The second-order valence-electron chi connectivity index (χ2n) is 5.97. The molecule has 0 fully saturated rings. The maximum absolute atomic E-state index is 4.58. The molecule has 0 aliphatic heterocycles. The molecule has 0 unspecified atom stereocenters. The summed E-state index contributed by atoms with van der Waals surface area (Å²) >= 11 is 0. The average Bonchev–Trinajstić information content (AvgIpc) is 2.44. The summed E-state index contributed by atoms with van der Waals surface area (Å²) in [6.45, 7) is 9.40. The van der Waals surface area contributed by atoms with Crippen molar-refractivity contribution in [1.29, 1.82) is 0 Å². The highest BCUT2D eigenvalue weighted by molar-refractivity contribution is 5.61. The zero-order chi connectivity index (χ0) is 15.4. The number of benzene rings is 1. The van der Waals surface area contributed by atoms with E-state index in [-0.39, 0.29) is 0 Å². The molecule has 112 valence electrons. The van der Waals surface area contributed by atoms with Gasteiger partial charge in [-0.05, 0) is 48.7 Å². The highest BCUT2D eigenvalue weighted by atomic mass is 15.2. The second kappa shape index (κ2) is 6.72. The van der Waals surface area contributed by atoms with E-state index in [1.165, 1.54) is 22.4 Å². The lowest BCUT2D eigenvalue weighted by atomic mass is 10.1. The molecular weight excluding hydrogens is 258 g/mol. The van der Waals surface area contributed by atoms with E-state index in [0.29, 0.717) is 6.04 Å². The fraction of sp³-hybridized carbons (Fsp3) is 0.389. The first-order valence-corrected chi connectivity index (χ1v) is 7.46. The molecule has 3 nitrogen and oxygen atoms in total. The van der Waals surface area contributed by atoms with Crippen LogP contribution in [0.15, 0.2) is 36.5 Å². The third-order valence-corrected chi connectivity index (χ3v) is 3.46. The van der Waals surface area contributed by atoms with E-state index in [1.807, 2.05) is 6.20 Å². The van der Waals surface area contributed by atoms with Gasteiger partial charge in [-0.1, -0.05) is 26.0 Å². The minimum Gasteiger partial charge on any atom is -0.329 e. The first kappa shape index (κ1) is 15.5. The minimum atomic E-state index is 0.489. The summed E-state index contributed by atoms with van der Waals surface area (Å²) < 4.78 is 0. The largest absolute Gasteiger partial charge is 0.329 e. The topological polar surface area (TPSA) is 28.2 Å². The molecule has 0 saturated heterocycles. The molecule has 1 aromatic heterocycles. The number of anilines is 2. The zero-order valence-electron chi connectivity index (χ0n) is 13.6. The van der Waals surface area contributed by atoms with Crippen molar-refractivity contribution in [2.24, 2.45) is 0 Å². The van der Waals surface area contributed by atoms with Gasteiger partial charge in [0.05, 0.1) is 0 Å². The zero-order valence-corrected chi connectivity index (χ0v) is 13.6. The molecule has 0 bridgehead atoms. The summed E-state index contributed by atoms with van der Waals surface area (Å²) in [4.78, 5) is 6.70. The number of hydrogen-bond acceptors (Lipinski definition) is 3. The predicted octanol–water partition coefficient (Wildman–Crippen LogP) is 3.96. The normalized spacial score (nSPS) is 11.0.